The summed E-state index contributed by atoms with van der Waals surface area (Å²) in [5.41, 5.74) is 1.02. The van der Waals surface area contributed by atoms with Crippen LogP contribution in [0.5, 0.6) is 0 Å². The van der Waals surface area contributed by atoms with Gasteiger partial charge in [-0.05, 0) is 5.56 Å². The van der Waals surface area contributed by atoms with Crippen LogP contribution in [0.2, 0.25) is 0 Å². The van der Waals surface area contributed by atoms with Crippen molar-refractivity contribution in [3.8, 4) is 0 Å². The summed E-state index contributed by atoms with van der Waals surface area (Å²) in [5.74, 6) is -0.131. The fraction of sp³-hybridized carbons (Fsp3) is 0.385. The lowest BCUT2D eigenvalue weighted by Gasteiger charge is -2.18. The smallest absolute Gasteiger partial charge is 0.268 e. The second-order valence-electron chi connectivity index (χ2n) is 4.91. The fourth-order valence-corrected chi connectivity index (χ4v) is 2.01. The lowest BCUT2D eigenvalue weighted by molar-refractivity contribution is -0.123. The predicted octanol–water partition coefficient (Wildman–Crippen LogP) is 2.07. The van der Waals surface area contributed by atoms with Crippen molar-refractivity contribution in [2.45, 2.75) is 20.4 Å². The molecule has 84 valence electrons. The Labute approximate surface area is 95.6 Å². The molecule has 0 aromatic heterocycles. The third kappa shape index (κ3) is 1.85. The Bertz CT molecular complexity index is 423. The summed E-state index contributed by atoms with van der Waals surface area (Å²) in [6.45, 7) is 5.13. The zero-order chi connectivity index (χ0) is 11.8. The maximum absolute atomic E-state index is 11.8. The van der Waals surface area contributed by atoms with Crippen LogP contribution < -0.4 is 0 Å². The third-order valence-electron chi connectivity index (χ3n) is 2.98. The van der Waals surface area contributed by atoms with E-state index in [9.17, 15) is 4.79 Å². The number of nitrogens with one attached hydrogen (secondary N) is 1. The van der Waals surface area contributed by atoms with Crippen molar-refractivity contribution in [3.63, 3.8) is 0 Å². The van der Waals surface area contributed by atoms with E-state index in [4.69, 9.17) is 5.41 Å². The first kappa shape index (κ1) is 10.9. The maximum Gasteiger partial charge on any atom is 0.268 e. The minimum absolute atomic E-state index is 0.131. The summed E-state index contributed by atoms with van der Waals surface area (Å²) in [7, 11) is 0. The first-order valence-electron chi connectivity index (χ1n) is 5.43. The van der Waals surface area contributed by atoms with E-state index >= 15 is 0 Å². The molecule has 0 unspecified atom stereocenters. The highest BCUT2D eigenvalue weighted by Crippen LogP contribution is 2.27. The Morgan fingerprint density at radius 1 is 1.31 bits per heavy atom. The number of nitrogens with zero attached hydrogens (tertiary/aromatic N) is 1. The van der Waals surface area contributed by atoms with Crippen LogP contribution in [-0.2, 0) is 11.3 Å². The second-order valence-corrected chi connectivity index (χ2v) is 4.91. The van der Waals surface area contributed by atoms with Gasteiger partial charge in [-0.1, -0.05) is 44.2 Å². The third-order valence-corrected chi connectivity index (χ3v) is 2.98. The average molecular weight is 216 g/mol. The standard InChI is InChI=1S/C13H16N2O/c1-13(2)9-15(12(16)11(13)14)8-10-6-4-3-5-7-10/h3-7,14H,8-9H2,1-2H3. The molecule has 0 aliphatic carbocycles. The Kier molecular flexibility index (Phi) is 2.54. The molecule has 0 spiro atoms. The van der Waals surface area contributed by atoms with Crippen molar-refractivity contribution in [2.24, 2.45) is 5.41 Å². The van der Waals surface area contributed by atoms with Crippen LogP contribution in [0, 0.1) is 10.8 Å². The van der Waals surface area contributed by atoms with Gasteiger partial charge in [-0.25, -0.2) is 0 Å². The van der Waals surface area contributed by atoms with E-state index in [2.05, 4.69) is 0 Å². The number of rotatable bonds is 2. The van der Waals surface area contributed by atoms with Gasteiger partial charge in [0.05, 0.1) is 0 Å². The van der Waals surface area contributed by atoms with Gasteiger partial charge in [-0.15, -0.1) is 0 Å². The van der Waals surface area contributed by atoms with Crippen molar-refractivity contribution in [3.05, 3.63) is 35.9 Å². The molecule has 0 radical (unpaired) electrons. The minimum Gasteiger partial charge on any atom is -0.332 e. The Morgan fingerprint density at radius 2 is 1.94 bits per heavy atom. The Hall–Kier alpha value is -1.64. The molecule has 1 saturated heterocycles. The highest BCUT2D eigenvalue weighted by Gasteiger charge is 2.41. The van der Waals surface area contributed by atoms with Gasteiger partial charge in [0.1, 0.15) is 5.71 Å². The molecule has 1 fully saturated rings. The van der Waals surface area contributed by atoms with E-state index in [1.165, 1.54) is 0 Å². The van der Waals surface area contributed by atoms with E-state index in [-0.39, 0.29) is 17.0 Å². The van der Waals surface area contributed by atoms with Gasteiger partial charge in [-0.2, -0.15) is 0 Å². The number of carbonyl (C=O) groups is 1. The van der Waals surface area contributed by atoms with E-state index in [1.54, 1.807) is 4.90 Å². The zero-order valence-electron chi connectivity index (χ0n) is 9.66. The summed E-state index contributed by atoms with van der Waals surface area (Å²) in [4.78, 5) is 13.6. The topological polar surface area (TPSA) is 44.2 Å². The molecule has 1 aromatic rings. The molecule has 1 aromatic carbocycles. The van der Waals surface area contributed by atoms with Gasteiger partial charge in [0.2, 0.25) is 0 Å². The molecule has 1 aliphatic rings. The quantitative estimate of drug-likeness (QED) is 0.808. The van der Waals surface area contributed by atoms with Crippen LogP contribution in [0.25, 0.3) is 0 Å². The first-order chi connectivity index (χ1) is 7.50. The van der Waals surface area contributed by atoms with Crippen molar-refractivity contribution in [1.29, 1.82) is 5.41 Å². The molecule has 3 nitrogen and oxygen atoms in total. The van der Waals surface area contributed by atoms with Crippen LogP contribution >= 0.6 is 0 Å². The number of benzene rings is 1. The molecule has 16 heavy (non-hydrogen) atoms. The molecule has 1 N–H and O–H groups in total. The van der Waals surface area contributed by atoms with Crippen LogP contribution in [0.15, 0.2) is 30.3 Å². The normalized spacial score (nSPS) is 19.2. The fourth-order valence-electron chi connectivity index (χ4n) is 2.01. The highest BCUT2D eigenvalue weighted by atomic mass is 16.2. The lowest BCUT2D eigenvalue weighted by Crippen LogP contribution is -2.26. The van der Waals surface area contributed by atoms with Crippen molar-refractivity contribution >= 4 is 11.6 Å². The Balaban J connectivity index is 2.14. The minimum atomic E-state index is -0.314. The van der Waals surface area contributed by atoms with E-state index in [1.807, 2.05) is 44.2 Å². The van der Waals surface area contributed by atoms with Crippen LogP contribution in [-0.4, -0.2) is 23.1 Å². The van der Waals surface area contributed by atoms with E-state index < -0.39 is 0 Å². The molecule has 1 amide bonds. The number of amides is 1. The summed E-state index contributed by atoms with van der Waals surface area (Å²) in [6, 6.07) is 9.89. The SMILES string of the molecule is CC1(C)CN(Cc2ccccc2)C(=O)C1=N. The average Bonchev–Trinajstić information content (AvgIpc) is 2.44. The van der Waals surface area contributed by atoms with Gasteiger partial charge >= 0.3 is 0 Å². The predicted molar refractivity (Wildman–Crippen MR) is 63.4 cm³/mol. The maximum atomic E-state index is 11.8. The Morgan fingerprint density at radius 3 is 2.44 bits per heavy atom. The zero-order valence-corrected chi connectivity index (χ0v) is 9.66. The van der Waals surface area contributed by atoms with Crippen LogP contribution in [0.3, 0.4) is 0 Å². The molecule has 3 heteroatoms. The lowest BCUT2D eigenvalue weighted by atomic mass is 9.91. The van der Waals surface area contributed by atoms with Gasteiger partial charge in [0.25, 0.3) is 5.91 Å². The molecule has 0 atom stereocenters. The highest BCUT2D eigenvalue weighted by molar-refractivity contribution is 6.41. The van der Waals surface area contributed by atoms with Gasteiger partial charge in [0.15, 0.2) is 0 Å². The number of hydrogen-bond donors (Lipinski definition) is 1. The molecule has 1 heterocycles. The number of likely N-dealkylation sites (tertiary alicyclic amines) is 1. The summed E-state index contributed by atoms with van der Waals surface area (Å²) >= 11 is 0. The monoisotopic (exact) mass is 216 g/mol. The summed E-state index contributed by atoms with van der Waals surface area (Å²) < 4.78 is 0. The first-order valence-corrected chi connectivity index (χ1v) is 5.43. The van der Waals surface area contributed by atoms with E-state index in [0.29, 0.717) is 13.1 Å². The molecule has 0 saturated carbocycles. The van der Waals surface area contributed by atoms with Gasteiger partial charge < -0.3 is 4.90 Å². The van der Waals surface area contributed by atoms with Crippen LogP contribution in [0.1, 0.15) is 19.4 Å². The van der Waals surface area contributed by atoms with Crippen molar-refractivity contribution < 1.29 is 4.79 Å². The van der Waals surface area contributed by atoms with Gasteiger partial charge in [0, 0.05) is 18.5 Å². The molecular weight excluding hydrogens is 200 g/mol. The molecular formula is C13H16N2O. The van der Waals surface area contributed by atoms with Crippen LogP contribution in [0.4, 0.5) is 0 Å². The van der Waals surface area contributed by atoms with E-state index in [0.717, 1.165) is 5.56 Å². The largest absolute Gasteiger partial charge is 0.332 e. The number of hydrogen-bond acceptors (Lipinski definition) is 2. The number of carbonyl (C=O) groups excluding carboxylic acids is 1. The van der Waals surface area contributed by atoms with Crippen molar-refractivity contribution in [1.82, 2.24) is 4.90 Å². The molecule has 2 rings (SSSR count). The van der Waals surface area contributed by atoms with Gasteiger partial charge in [-0.3, -0.25) is 10.2 Å². The summed E-state index contributed by atoms with van der Waals surface area (Å²) in [6.07, 6.45) is 0. The second kappa shape index (κ2) is 3.74. The summed E-state index contributed by atoms with van der Waals surface area (Å²) in [5, 5.41) is 7.76. The van der Waals surface area contributed by atoms with Crippen molar-refractivity contribution in [2.75, 3.05) is 6.54 Å². The molecule has 0 bridgehead atoms. The molecule has 1 aliphatic heterocycles.